The smallest absolute Gasteiger partial charge is 0.261 e. The lowest BCUT2D eigenvalue weighted by atomic mass is 9.79. The molecule has 0 radical (unpaired) electrons. The fourth-order valence-corrected chi connectivity index (χ4v) is 10.4. The van der Waals surface area contributed by atoms with Crippen molar-refractivity contribution in [3.8, 4) is 5.75 Å². The van der Waals surface area contributed by atoms with Crippen LogP contribution in [0.5, 0.6) is 5.75 Å². The van der Waals surface area contributed by atoms with Crippen molar-refractivity contribution < 1.29 is 35.9 Å². The number of benzene rings is 1. The maximum atomic E-state index is 14.3. The van der Waals surface area contributed by atoms with Gasteiger partial charge in [-0.05, 0) is 89.8 Å². The number of rotatable bonds is 14. The van der Waals surface area contributed by atoms with Crippen molar-refractivity contribution in [1.82, 2.24) is 19.1 Å². The number of para-hydroxylation sites is 1. The molecule has 0 spiro atoms. The van der Waals surface area contributed by atoms with Gasteiger partial charge in [0, 0.05) is 46.8 Å². The highest BCUT2D eigenvalue weighted by molar-refractivity contribution is 14.1. The first kappa shape index (κ1) is 37.6. The van der Waals surface area contributed by atoms with Gasteiger partial charge in [0.15, 0.2) is 11.6 Å². The third-order valence-corrected chi connectivity index (χ3v) is 13.5. The molecule has 3 heterocycles. The standard InChI is InChI=1S/C38H41F3IN5O5S/c1-3-12-43-38-28(20-44-47(38)36-22(2)15-25(18-30(36)42)52-33-7-5-4-6-29(33)39)37(48)32-16-24-17-34(51-21-35(40)41)27(19-31(24)45-32)23-10-13-46(14-11-23)53(49,50)26-8-9-26/h3-7,16-20,22-23,26-27,34-35,43,45H,1,8-15,21H2,2H3. The average molecular weight is 864 g/mol. The number of ether oxygens (including phenoxy) is 2. The zero-order valence-electron chi connectivity index (χ0n) is 29.1. The Morgan fingerprint density at radius 2 is 1.94 bits per heavy atom. The Hall–Kier alpha value is -3.67. The summed E-state index contributed by atoms with van der Waals surface area (Å²) in [5, 5.41) is 9.00. The highest BCUT2D eigenvalue weighted by atomic mass is 127. The van der Waals surface area contributed by atoms with E-state index in [1.54, 1.807) is 45.4 Å². The molecule has 282 valence electrons. The van der Waals surface area contributed by atoms with E-state index in [0.717, 1.165) is 9.28 Å². The Kier molecular flexibility index (Phi) is 11.1. The maximum Gasteiger partial charge on any atom is 0.261 e. The molecule has 0 bridgehead atoms. The number of H-pyrrole nitrogens is 1. The second-order valence-electron chi connectivity index (χ2n) is 13.9. The number of alkyl halides is 2. The molecule has 2 aromatic heterocycles. The molecule has 3 aromatic rings. The summed E-state index contributed by atoms with van der Waals surface area (Å²) in [6.07, 6.45) is 8.47. The first-order valence-electron chi connectivity index (χ1n) is 17.8. The molecule has 2 N–H and O–H groups in total. The van der Waals surface area contributed by atoms with Crippen LogP contribution >= 0.6 is 22.6 Å². The summed E-state index contributed by atoms with van der Waals surface area (Å²) in [6, 6.07) is 7.93. The second-order valence-corrected chi connectivity index (χ2v) is 17.3. The number of sulfonamides is 1. The summed E-state index contributed by atoms with van der Waals surface area (Å²) in [5.41, 5.74) is 1.45. The minimum absolute atomic E-state index is 0.00280. The molecule has 53 heavy (non-hydrogen) atoms. The highest BCUT2D eigenvalue weighted by Crippen LogP contribution is 2.40. The molecule has 1 saturated carbocycles. The third-order valence-electron chi connectivity index (χ3n) is 10.2. The molecule has 2 fully saturated rings. The van der Waals surface area contributed by atoms with Crippen LogP contribution in [0.4, 0.5) is 19.0 Å². The van der Waals surface area contributed by atoms with E-state index in [1.165, 1.54) is 12.3 Å². The molecule has 1 aliphatic heterocycles. The fraction of sp³-hybridized carbons (Fsp3) is 0.421. The number of piperidine rings is 1. The Labute approximate surface area is 319 Å². The van der Waals surface area contributed by atoms with E-state index in [1.807, 2.05) is 19.1 Å². The van der Waals surface area contributed by atoms with E-state index in [-0.39, 0.29) is 34.5 Å². The number of aromatic amines is 1. The molecule has 3 atom stereocenters. The van der Waals surface area contributed by atoms with E-state index in [2.05, 4.69) is 44.6 Å². The molecule has 3 aliphatic carbocycles. The predicted octanol–water partition coefficient (Wildman–Crippen LogP) is 5.83. The highest BCUT2D eigenvalue weighted by Gasteiger charge is 2.42. The van der Waals surface area contributed by atoms with Crippen LogP contribution < -0.4 is 20.6 Å². The van der Waals surface area contributed by atoms with Crippen LogP contribution in [-0.4, -0.2) is 77.3 Å². The molecular formula is C38H41F3IN5O5S. The van der Waals surface area contributed by atoms with Crippen molar-refractivity contribution in [2.75, 3.05) is 31.6 Å². The molecule has 4 aliphatic rings. The van der Waals surface area contributed by atoms with Gasteiger partial charge in [-0.15, -0.1) is 6.58 Å². The van der Waals surface area contributed by atoms with Crippen LogP contribution in [0.1, 0.15) is 55.1 Å². The number of hydrogen-bond acceptors (Lipinski definition) is 7. The zero-order chi connectivity index (χ0) is 37.4. The van der Waals surface area contributed by atoms with Crippen LogP contribution in [0.3, 0.4) is 0 Å². The van der Waals surface area contributed by atoms with Crippen LogP contribution in [-0.2, 0) is 14.8 Å². The minimum Gasteiger partial charge on any atom is -0.459 e. The number of ketones is 1. The van der Waals surface area contributed by atoms with Gasteiger partial charge in [-0.25, -0.2) is 30.6 Å². The summed E-state index contributed by atoms with van der Waals surface area (Å²) in [5.74, 6) is 0.0563. The first-order chi connectivity index (χ1) is 25.4. The Bertz CT molecular complexity index is 2190. The number of nitrogens with zero attached hydrogens (tertiary/aromatic N) is 3. The van der Waals surface area contributed by atoms with Crippen molar-refractivity contribution in [3.63, 3.8) is 0 Å². The number of aromatic nitrogens is 3. The van der Waals surface area contributed by atoms with Gasteiger partial charge >= 0.3 is 0 Å². The summed E-state index contributed by atoms with van der Waals surface area (Å²) < 4.78 is 82.4. The average Bonchev–Trinajstić information content (AvgIpc) is 3.80. The topological polar surface area (TPSA) is 119 Å². The maximum absolute atomic E-state index is 14.3. The lowest BCUT2D eigenvalue weighted by molar-refractivity contribution is -0.0231. The van der Waals surface area contributed by atoms with Crippen LogP contribution in [0, 0.1) is 23.6 Å². The summed E-state index contributed by atoms with van der Waals surface area (Å²) in [7, 11) is -3.30. The van der Waals surface area contributed by atoms with Crippen molar-refractivity contribution in [2.24, 2.45) is 17.8 Å². The van der Waals surface area contributed by atoms with E-state index >= 15 is 0 Å². The normalized spacial score (nSPS) is 22.5. The number of anilines is 1. The van der Waals surface area contributed by atoms with Gasteiger partial charge in [-0.3, -0.25) is 4.79 Å². The largest absolute Gasteiger partial charge is 0.459 e. The van der Waals surface area contributed by atoms with E-state index < -0.39 is 35.0 Å². The van der Waals surface area contributed by atoms with Crippen molar-refractivity contribution >= 4 is 62.1 Å². The van der Waals surface area contributed by atoms with Crippen molar-refractivity contribution in [1.29, 1.82) is 0 Å². The lowest BCUT2D eigenvalue weighted by Gasteiger charge is -2.37. The molecular weight excluding hydrogens is 822 g/mol. The Balaban J connectivity index is 1.17. The monoisotopic (exact) mass is 863 g/mol. The number of allylic oxidation sites excluding steroid dienone is 4. The number of nitrogens with one attached hydrogen (secondary N) is 2. The molecule has 15 heteroatoms. The van der Waals surface area contributed by atoms with Crippen molar-refractivity contribution in [3.05, 3.63) is 92.2 Å². The van der Waals surface area contributed by atoms with E-state index in [0.29, 0.717) is 85.1 Å². The summed E-state index contributed by atoms with van der Waals surface area (Å²) >= 11 is 2.19. The Morgan fingerprint density at radius 1 is 1.19 bits per heavy atom. The van der Waals surface area contributed by atoms with Crippen molar-refractivity contribution in [2.45, 2.75) is 56.8 Å². The molecule has 1 aromatic carbocycles. The second kappa shape index (κ2) is 15.6. The van der Waals surface area contributed by atoms with E-state index in [9.17, 15) is 26.4 Å². The van der Waals surface area contributed by atoms with E-state index in [4.69, 9.17) is 9.47 Å². The zero-order valence-corrected chi connectivity index (χ0v) is 32.1. The number of carbonyl (C=O) groups is 1. The van der Waals surface area contributed by atoms with Gasteiger partial charge in [0.05, 0.1) is 34.5 Å². The van der Waals surface area contributed by atoms with Gasteiger partial charge in [-0.1, -0.05) is 31.2 Å². The molecule has 0 amide bonds. The summed E-state index contributed by atoms with van der Waals surface area (Å²) in [6.45, 7) is 6.21. The lowest BCUT2D eigenvalue weighted by Crippen LogP contribution is -2.45. The summed E-state index contributed by atoms with van der Waals surface area (Å²) in [4.78, 5) is 17.5. The van der Waals surface area contributed by atoms with Gasteiger partial charge in [0.1, 0.15) is 18.2 Å². The van der Waals surface area contributed by atoms with Gasteiger partial charge < -0.3 is 19.8 Å². The Morgan fingerprint density at radius 3 is 2.62 bits per heavy atom. The SMILES string of the molecule is C=CCNc1c(C(=O)c2cc3c([nH]2)=CC(C2CCN(S(=O)(=O)C4CC4)CC2)C(OCC(F)F)C=3)cnn1C1=C(I)C=C(Oc2ccccc2F)CC1C. The van der Waals surface area contributed by atoms with Gasteiger partial charge in [0.25, 0.3) is 6.43 Å². The van der Waals surface area contributed by atoms with Gasteiger partial charge in [-0.2, -0.15) is 5.10 Å². The molecule has 10 nitrogen and oxygen atoms in total. The molecule has 1 saturated heterocycles. The predicted molar refractivity (Wildman–Crippen MR) is 205 cm³/mol. The third kappa shape index (κ3) is 7.94. The number of carbonyl (C=O) groups excluding carboxylic acids is 1. The number of fused-ring (bicyclic) bond motifs is 1. The minimum atomic E-state index is -3.30. The molecule has 7 rings (SSSR count). The number of halogens is 4. The van der Waals surface area contributed by atoms with Crippen LogP contribution in [0.25, 0.3) is 17.8 Å². The number of hydrogen-bond donors (Lipinski definition) is 2. The molecule has 3 unspecified atom stereocenters. The fourth-order valence-electron chi connectivity index (χ4n) is 7.44. The van der Waals surface area contributed by atoms with Crippen LogP contribution in [0.15, 0.2) is 64.6 Å². The van der Waals surface area contributed by atoms with Crippen LogP contribution in [0.2, 0.25) is 0 Å². The quantitative estimate of drug-likeness (QED) is 0.119. The van der Waals surface area contributed by atoms with Gasteiger partial charge in [0.2, 0.25) is 15.8 Å². The first-order valence-corrected chi connectivity index (χ1v) is 20.3.